The monoisotopic (exact) mass is 326 g/mol. The summed E-state index contributed by atoms with van der Waals surface area (Å²) in [5, 5.41) is 2.40. The zero-order valence-electron chi connectivity index (χ0n) is 12.2. The Morgan fingerprint density at radius 1 is 1.09 bits per heavy atom. The maximum atomic E-state index is 13.5. The topological polar surface area (TPSA) is 32.3 Å². The summed E-state index contributed by atoms with van der Waals surface area (Å²) in [5.41, 5.74) is -0.180. The minimum atomic E-state index is -4.40. The van der Waals surface area contributed by atoms with Crippen LogP contribution in [0.3, 0.4) is 0 Å². The minimum Gasteiger partial charge on any atom is -0.323 e. The highest BCUT2D eigenvalue weighted by atomic mass is 19.4. The van der Waals surface area contributed by atoms with Gasteiger partial charge in [-0.05, 0) is 29.8 Å². The van der Waals surface area contributed by atoms with Gasteiger partial charge in [-0.2, -0.15) is 13.2 Å². The second kappa shape index (κ2) is 6.68. The van der Waals surface area contributed by atoms with E-state index in [-0.39, 0.29) is 12.2 Å². The van der Waals surface area contributed by atoms with Crippen molar-refractivity contribution in [1.29, 1.82) is 0 Å². The number of alkyl halides is 3. The van der Waals surface area contributed by atoms with Crippen molar-refractivity contribution in [3.05, 3.63) is 65.5 Å². The summed E-state index contributed by atoms with van der Waals surface area (Å²) in [5.74, 6) is -0.566. The third kappa shape index (κ3) is 4.45. The summed E-state index contributed by atoms with van der Waals surface area (Å²) in [6.07, 6.45) is -4.40. The van der Waals surface area contributed by atoms with Gasteiger partial charge in [0.25, 0.3) is 0 Å². The van der Waals surface area contributed by atoms with Gasteiger partial charge in [0.1, 0.15) is 5.82 Å². The number of nitrogens with one attached hydrogen (secondary N) is 1. The molecular weight excluding hydrogens is 312 g/mol. The summed E-state index contributed by atoms with van der Waals surface area (Å²) in [6, 6.07) is 9.66. The minimum absolute atomic E-state index is 0.0387. The molecule has 0 atom stereocenters. The summed E-state index contributed by atoms with van der Waals surface area (Å²) >= 11 is 0. The van der Waals surface area contributed by atoms with Gasteiger partial charge in [-0.3, -0.25) is 0 Å². The molecule has 7 heteroatoms. The molecule has 1 N–H and O–H groups in total. The molecule has 0 saturated heterocycles. The first kappa shape index (κ1) is 16.8. The number of carbonyl (C=O) groups excluding carboxylic acids is 1. The van der Waals surface area contributed by atoms with E-state index in [1.165, 1.54) is 42.3 Å². The molecule has 0 bridgehead atoms. The number of benzene rings is 2. The average Bonchev–Trinajstić information content (AvgIpc) is 2.49. The van der Waals surface area contributed by atoms with Crippen LogP contribution in [0.1, 0.15) is 11.1 Å². The third-order valence-corrected chi connectivity index (χ3v) is 3.16. The van der Waals surface area contributed by atoms with Gasteiger partial charge in [-0.25, -0.2) is 9.18 Å². The van der Waals surface area contributed by atoms with E-state index >= 15 is 0 Å². The van der Waals surface area contributed by atoms with Crippen molar-refractivity contribution >= 4 is 11.7 Å². The fourth-order valence-corrected chi connectivity index (χ4v) is 1.92. The van der Waals surface area contributed by atoms with Gasteiger partial charge in [0, 0.05) is 13.6 Å². The predicted octanol–water partition coefficient (Wildman–Crippen LogP) is 4.51. The van der Waals surface area contributed by atoms with Crippen LogP contribution in [-0.2, 0) is 12.7 Å². The summed E-state index contributed by atoms with van der Waals surface area (Å²) in [6.45, 7) is 0.0957. The Hall–Kier alpha value is -2.57. The molecule has 0 saturated carbocycles. The van der Waals surface area contributed by atoms with Crippen molar-refractivity contribution < 1.29 is 22.4 Å². The van der Waals surface area contributed by atoms with E-state index in [0.717, 1.165) is 12.1 Å². The maximum Gasteiger partial charge on any atom is 0.416 e. The van der Waals surface area contributed by atoms with Crippen molar-refractivity contribution in [2.75, 3.05) is 12.4 Å². The lowest BCUT2D eigenvalue weighted by Gasteiger charge is -2.18. The van der Waals surface area contributed by atoms with Crippen LogP contribution in [0, 0.1) is 5.82 Å². The van der Waals surface area contributed by atoms with Crippen LogP contribution < -0.4 is 5.32 Å². The number of nitrogens with zero attached hydrogens (tertiary/aromatic N) is 1. The first-order valence-corrected chi connectivity index (χ1v) is 6.70. The maximum absolute atomic E-state index is 13.5. The van der Waals surface area contributed by atoms with Gasteiger partial charge in [0.05, 0.1) is 11.3 Å². The summed E-state index contributed by atoms with van der Waals surface area (Å²) in [7, 11) is 1.47. The van der Waals surface area contributed by atoms with E-state index in [4.69, 9.17) is 0 Å². The molecule has 0 radical (unpaired) electrons. The molecule has 0 heterocycles. The number of para-hydroxylation sites is 1. The summed E-state index contributed by atoms with van der Waals surface area (Å²) < 4.78 is 50.9. The van der Waals surface area contributed by atoms with Gasteiger partial charge in [-0.15, -0.1) is 0 Å². The number of hydrogen-bond acceptors (Lipinski definition) is 1. The van der Waals surface area contributed by atoms with Gasteiger partial charge in [0.15, 0.2) is 0 Å². The number of amides is 2. The molecule has 2 aromatic rings. The molecule has 2 amide bonds. The van der Waals surface area contributed by atoms with Gasteiger partial charge in [0.2, 0.25) is 0 Å². The Kier molecular flexibility index (Phi) is 4.88. The van der Waals surface area contributed by atoms with E-state index in [9.17, 15) is 22.4 Å². The van der Waals surface area contributed by atoms with E-state index in [1.54, 1.807) is 6.07 Å². The second-order valence-electron chi connectivity index (χ2n) is 4.96. The Morgan fingerprint density at radius 3 is 2.26 bits per heavy atom. The van der Waals surface area contributed by atoms with E-state index in [1.807, 2.05) is 0 Å². The van der Waals surface area contributed by atoms with Crippen molar-refractivity contribution in [3.8, 4) is 0 Å². The largest absolute Gasteiger partial charge is 0.416 e. The quantitative estimate of drug-likeness (QED) is 0.827. The van der Waals surface area contributed by atoms with Crippen molar-refractivity contribution in [1.82, 2.24) is 4.90 Å². The SMILES string of the molecule is CN(Cc1ccc(C(F)(F)F)cc1)C(=O)Nc1ccccc1F. The first-order valence-electron chi connectivity index (χ1n) is 6.70. The van der Waals surface area contributed by atoms with Crippen molar-refractivity contribution in [3.63, 3.8) is 0 Å². The van der Waals surface area contributed by atoms with E-state index in [0.29, 0.717) is 5.56 Å². The molecule has 0 aliphatic carbocycles. The molecule has 122 valence electrons. The molecule has 23 heavy (non-hydrogen) atoms. The predicted molar refractivity (Wildman–Crippen MR) is 78.3 cm³/mol. The smallest absolute Gasteiger partial charge is 0.323 e. The fourth-order valence-electron chi connectivity index (χ4n) is 1.92. The Labute approximate surface area is 130 Å². The first-order chi connectivity index (χ1) is 10.8. The molecule has 3 nitrogen and oxygen atoms in total. The zero-order chi connectivity index (χ0) is 17.0. The van der Waals surface area contributed by atoms with Gasteiger partial charge >= 0.3 is 12.2 Å². The highest BCUT2D eigenvalue weighted by Gasteiger charge is 2.29. The fraction of sp³-hybridized carbons (Fsp3) is 0.188. The van der Waals surface area contributed by atoms with Crippen LogP contribution in [0.2, 0.25) is 0 Å². The van der Waals surface area contributed by atoms with E-state index in [2.05, 4.69) is 5.32 Å². The Morgan fingerprint density at radius 2 is 1.70 bits per heavy atom. The lowest BCUT2D eigenvalue weighted by Crippen LogP contribution is -2.31. The highest BCUT2D eigenvalue weighted by molar-refractivity contribution is 5.89. The van der Waals surface area contributed by atoms with Crippen LogP contribution >= 0.6 is 0 Å². The van der Waals surface area contributed by atoms with Crippen molar-refractivity contribution in [2.24, 2.45) is 0 Å². The average molecular weight is 326 g/mol. The Bertz CT molecular complexity index is 683. The Balaban J connectivity index is 2.00. The highest BCUT2D eigenvalue weighted by Crippen LogP contribution is 2.29. The number of anilines is 1. The van der Waals surface area contributed by atoms with Crippen LogP contribution in [0.5, 0.6) is 0 Å². The zero-order valence-corrected chi connectivity index (χ0v) is 12.2. The summed E-state index contributed by atoms with van der Waals surface area (Å²) in [4.78, 5) is 13.2. The van der Waals surface area contributed by atoms with Crippen LogP contribution in [0.25, 0.3) is 0 Å². The van der Waals surface area contributed by atoms with Crippen LogP contribution in [-0.4, -0.2) is 18.0 Å². The molecule has 0 aromatic heterocycles. The number of urea groups is 1. The third-order valence-electron chi connectivity index (χ3n) is 3.16. The number of hydrogen-bond donors (Lipinski definition) is 1. The normalized spacial score (nSPS) is 11.2. The van der Waals surface area contributed by atoms with E-state index < -0.39 is 23.6 Å². The number of rotatable bonds is 3. The second-order valence-corrected chi connectivity index (χ2v) is 4.96. The van der Waals surface area contributed by atoms with Crippen LogP contribution in [0.15, 0.2) is 48.5 Å². The molecule has 0 unspecified atom stereocenters. The van der Waals surface area contributed by atoms with Gasteiger partial charge < -0.3 is 10.2 Å². The molecule has 2 aromatic carbocycles. The lowest BCUT2D eigenvalue weighted by molar-refractivity contribution is -0.137. The van der Waals surface area contributed by atoms with Crippen LogP contribution in [0.4, 0.5) is 28.0 Å². The standard InChI is InChI=1S/C16H14F4N2O/c1-22(15(23)21-14-5-3-2-4-13(14)17)10-11-6-8-12(9-7-11)16(18,19)20/h2-9H,10H2,1H3,(H,21,23). The molecular formula is C16H14F4N2O. The van der Waals surface area contributed by atoms with Gasteiger partial charge in [-0.1, -0.05) is 24.3 Å². The molecule has 0 spiro atoms. The number of halogens is 4. The molecule has 2 rings (SSSR count). The molecule has 0 aliphatic heterocycles. The molecule has 0 aliphatic rings. The van der Waals surface area contributed by atoms with Crippen molar-refractivity contribution in [2.45, 2.75) is 12.7 Å². The lowest BCUT2D eigenvalue weighted by atomic mass is 10.1. The number of carbonyl (C=O) groups is 1. The molecule has 0 fully saturated rings.